The van der Waals surface area contributed by atoms with Crippen LogP contribution in [0, 0.1) is 6.92 Å². The Balaban J connectivity index is 1.26. The molecule has 3 aromatic rings. The molecule has 53 heavy (non-hydrogen) atoms. The minimum atomic E-state index is -0.663. The van der Waals surface area contributed by atoms with E-state index in [-0.39, 0.29) is 37.3 Å². The number of hydrogen-bond donors (Lipinski definition) is 0. The second-order valence-electron chi connectivity index (χ2n) is 15.0. The number of carbonyl (C=O) groups is 2. The first-order valence-corrected chi connectivity index (χ1v) is 19.5. The zero-order chi connectivity index (χ0) is 37.9. The van der Waals surface area contributed by atoms with Gasteiger partial charge in [0.2, 0.25) is 0 Å². The molecule has 0 unspecified atom stereocenters. The molecule has 2 aromatic carbocycles. The Kier molecular flexibility index (Phi) is 12.5. The van der Waals surface area contributed by atoms with Crippen molar-refractivity contribution in [3.8, 4) is 11.5 Å². The lowest BCUT2D eigenvalue weighted by Crippen LogP contribution is -2.50. The van der Waals surface area contributed by atoms with E-state index in [1.807, 2.05) is 67.8 Å². The highest BCUT2D eigenvalue weighted by Crippen LogP contribution is 2.46. The number of hydrogen-bond acceptors (Lipinski definition) is 7. The predicted octanol–water partition coefficient (Wildman–Crippen LogP) is 9.50. The van der Waals surface area contributed by atoms with Gasteiger partial charge in [0.05, 0.1) is 21.1 Å². The highest BCUT2D eigenvalue weighted by molar-refractivity contribution is 6.37. The van der Waals surface area contributed by atoms with E-state index < -0.39 is 11.6 Å². The molecule has 1 saturated carbocycles. The summed E-state index contributed by atoms with van der Waals surface area (Å²) in [5.41, 5.74) is 4.58. The third kappa shape index (κ3) is 9.60. The number of aryl methyl sites for hydroxylation is 2. The van der Waals surface area contributed by atoms with Gasteiger partial charge >= 0.3 is 6.09 Å². The third-order valence-corrected chi connectivity index (χ3v) is 10.6. The number of nitrogens with zero attached hydrogens (tertiary/aromatic N) is 3. The van der Waals surface area contributed by atoms with Crippen molar-refractivity contribution in [2.45, 2.75) is 103 Å². The van der Waals surface area contributed by atoms with Gasteiger partial charge in [0, 0.05) is 49.8 Å². The summed E-state index contributed by atoms with van der Waals surface area (Å²) < 4.78 is 22.9. The lowest BCUT2D eigenvalue weighted by molar-refractivity contribution is -0.129. The first-order valence-electron chi connectivity index (χ1n) is 18.3. The Bertz CT molecular complexity index is 1820. The summed E-state index contributed by atoms with van der Waals surface area (Å²) >= 11 is 19.4. The number of pyridine rings is 1. The fraction of sp³-hybridized carbons (Fsp3) is 0.488. The molecule has 0 spiro atoms. The number of methoxy groups -OCH3 is 1. The van der Waals surface area contributed by atoms with E-state index in [1.165, 1.54) is 0 Å². The SMILES string of the molecule is COCCCc1cc(CN(C(=O)C2=C(c3ccc(OCCOc4c(Cl)cc(C)cc4Cl)cc3)C[C@@H]3CC[C@H]2N3C(=O)OC(C)(C)C)C2CC2)c(Cl)cn1. The topological polar surface area (TPSA) is 90.4 Å². The van der Waals surface area contributed by atoms with Gasteiger partial charge in [-0.25, -0.2) is 4.79 Å². The van der Waals surface area contributed by atoms with Crippen molar-refractivity contribution < 1.29 is 28.5 Å². The number of aromatic nitrogens is 1. The minimum Gasteiger partial charge on any atom is -0.490 e. The Morgan fingerprint density at radius 3 is 2.28 bits per heavy atom. The standard InChI is InChI=1S/C41H48Cl3N3O6/c1-25-19-33(42)38(34(43)20-25)52-18-17-51-31-13-8-26(9-14-31)32-22-30-12-15-36(47(30)40(49)53-41(2,3)4)37(32)39(48)46(29-10-11-29)24-27-21-28(7-6-16-50-5)45-23-35(27)44/h8-9,13-14,19-21,23,29-30,36H,6-7,10-12,15-18,22,24H2,1-5H3/t30-,36+/m0/s1. The number of fused-ring (bicyclic) bond motifs is 2. The number of halogens is 3. The van der Waals surface area contributed by atoms with E-state index in [4.69, 9.17) is 53.8 Å². The minimum absolute atomic E-state index is 0.0684. The summed E-state index contributed by atoms with van der Waals surface area (Å²) in [5, 5.41) is 1.44. The van der Waals surface area contributed by atoms with Crippen LogP contribution in [0.2, 0.25) is 15.1 Å². The zero-order valence-electron chi connectivity index (χ0n) is 31.1. The molecule has 1 aromatic heterocycles. The van der Waals surface area contributed by atoms with E-state index in [2.05, 4.69) is 4.98 Å². The fourth-order valence-electron chi connectivity index (χ4n) is 7.21. The van der Waals surface area contributed by atoms with Crippen LogP contribution < -0.4 is 9.47 Å². The average Bonchev–Trinajstić information content (AvgIpc) is 3.89. The van der Waals surface area contributed by atoms with Gasteiger partial charge in [-0.1, -0.05) is 46.9 Å². The van der Waals surface area contributed by atoms with Crippen LogP contribution in [0.15, 0.2) is 54.2 Å². The van der Waals surface area contributed by atoms with Gasteiger partial charge in [-0.15, -0.1) is 0 Å². The highest BCUT2D eigenvalue weighted by Gasteiger charge is 2.49. The lowest BCUT2D eigenvalue weighted by Gasteiger charge is -2.39. The highest BCUT2D eigenvalue weighted by atomic mass is 35.5. The van der Waals surface area contributed by atoms with Crippen molar-refractivity contribution in [2.75, 3.05) is 26.9 Å². The van der Waals surface area contributed by atoms with Crippen molar-refractivity contribution in [2.24, 2.45) is 0 Å². The Labute approximate surface area is 327 Å². The molecule has 2 bridgehead atoms. The predicted molar refractivity (Wildman–Crippen MR) is 208 cm³/mol. The van der Waals surface area contributed by atoms with E-state index in [0.717, 1.165) is 60.1 Å². The fourth-order valence-corrected chi connectivity index (χ4v) is 8.07. The summed E-state index contributed by atoms with van der Waals surface area (Å²) in [6.07, 6.45) is 6.72. The summed E-state index contributed by atoms with van der Waals surface area (Å²) in [7, 11) is 1.69. The number of ether oxygens (including phenoxy) is 4. The molecular weight excluding hydrogens is 737 g/mol. The molecule has 2 atom stereocenters. The van der Waals surface area contributed by atoms with E-state index in [0.29, 0.717) is 58.1 Å². The van der Waals surface area contributed by atoms with Crippen molar-refractivity contribution in [1.82, 2.24) is 14.8 Å². The van der Waals surface area contributed by atoms with Gasteiger partial charge in [-0.2, -0.15) is 0 Å². The Morgan fingerprint density at radius 2 is 1.62 bits per heavy atom. The van der Waals surface area contributed by atoms with Gasteiger partial charge in [0.1, 0.15) is 24.6 Å². The lowest BCUT2D eigenvalue weighted by atomic mass is 9.87. The van der Waals surface area contributed by atoms with Crippen LogP contribution in [-0.4, -0.2) is 77.4 Å². The largest absolute Gasteiger partial charge is 0.490 e. The molecule has 2 fully saturated rings. The van der Waals surface area contributed by atoms with E-state index >= 15 is 0 Å². The Morgan fingerprint density at radius 1 is 0.925 bits per heavy atom. The van der Waals surface area contributed by atoms with Crippen LogP contribution in [0.5, 0.6) is 11.5 Å². The molecule has 284 valence electrons. The molecule has 3 aliphatic rings. The first-order chi connectivity index (χ1) is 25.3. The summed E-state index contributed by atoms with van der Waals surface area (Å²) in [6.45, 7) is 9.04. The van der Waals surface area contributed by atoms with E-state index in [9.17, 15) is 9.59 Å². The van der Waals surface area contributed by atoms with Crippen molar-refractivity contribution in [3.05, 3.63) is 91.7 Å². The van der Waals surface area contributed by atoms with E-state index in [1.54, 1.807) is 25.4 Å². The molecule has 1 aliphatic carbocycles. The zero-order valence-corrected chi connectivity index (χ0v) is 33.3. The van der Waals surface area contributed by atoms with Crippen molar-refractivity contribution in [3.63, 3.8) is 0 Å². The second-order valence-corrected chi connectivity index (χ2v) is 16.3. The van der Waals surface area contributed by atoms with Crippen LogP contribution >= 0.6 is 34.8 Å². The number of benzene rings is 2. The van der Waals surface area contributed by atoms with Crippen LogP contribution in [0.1, 0.15) is 81.7 Å². The molecule has 3 heterocycles. The number of carbonyl (C=O) groups excluding carboxylic acids is 2. The number of rotatable bonds is 14. The van der Waals surface area contributed by atoms with Gasteiger partial charge in [-0.05, 0) is 125 Å². The van der Waals surface area contributed by atoms with Crippen LogP contribution in [0.25, 0.3) is 5.57 Å². The molecule has 0 N–H and O–H groups in total. The van der Waals surface area contributed by atoms with Crippen molar-refractivity contribution >= 4 is 52.4 Å². The van der Waals surface area contributed by atoms with Gasteiger partial charge in [-0.3, -0.25) is 14.7 Å². The molecule has 2 aliphatic heterocycles. The van der Waals surface area contributed by atoms with Gasteiger partial charge in [0.15, 0.2) is 5.75 Å². The molecular formula is C41H48Cl3N3O6. The molecule has 0 radical (unpaired) electrons. The van der Waals surface area contributed by atoms with Gasteiger partial charge < -0.3 is 23.8 Å². The monoisotopic (exact) mass is 783 g/mol. The van der Waals surface area contributed by atoms with Crippen LogP contribution in [0.3, 0.4) is 0 Å². The quantitative estimate of drug-likeness (QED) is 0.151. The van der Waals surface area contributed by atoms with Crippen LogP contribution in [0.4, 0.5) is 4.79 Å². The molecule has 12 heteroatoms. The summed E-state index contributed by atoms with van der Waals surface area (Å²) in [6, 6.07) is 13.0. The maximum absolute atomic E-state index is 15.0. The van der Waals surface area contributed by atoms with Crippen molar-refractivity contribution in [1.29, 1.82) is 0 Å². The first kappa shape index (κ1) is 39.2. The Hall–Kier alpha value is -3.50. The normalized spacial score (nSPS) is 18.3. The van der Waals surface area contributed by atoms with Gasteiger partial charge in [0.25, 0.3) is 5.91 Å². The smallest absolute Gasteiger partial charge is 0.411 e. The van der Waals surface area contributed by atoms with Crippen LogP contribution in [-0.2, 0) is 27.2 Å². The third-order valence-electron chi connectivity index (χ3n) is 9.74. The molecule has 1 saturated heterocycles. The maximum Gasteiger partial charge on any atom is 0.411 e. The summed E-state index contributed by atoms with van der Waals surface area (Å²) in [4.78, 5) is 37.0. The molecule has 9 nitrogen and oxygen atoms in total. The second kappa shape index (κ2) is 16.9. The number of amides is 2. The maximum atomic E-state index is 15.0. The average molecular weight is 785 g/mol. The molecule has 6 rings (SSSR count). The summed E-state index contributed by atoms with van der Waals surface area (Å²) in [5.74, 6) is 1.03. The molecule has 2 amide bonds.